The number of rotatable bonds is 6. The highest BCUT2D eigenvalue weighted by Gasteiger charge is 2.15. The molecule has 0 aliphatic carbocycles. The Hall–Kier alpha value is -4.07. The van der Waals surface area contributed by atoms with E-state index in [1.54, 1.807) is 31.5 Å². The minimum absolute atomic E-state index is 0.219. The van der Waals surface area contributed by atoms with Crippen molar-refractivity contribution in [2.45, 2.75) is 13.5 Å². The summed E-state index contributed by atoms with van der Waals surface area (Å²) in [5.41, 5.74) is 2.08. The van der Waals surface area contributed by atoms with Crippen LogP contribution in [0.15, 0.2) is 71.5 Å². The molecule has 0 spiro atoms. The molecule has 0 saturated heterocycles. The van der Waals surface area contributed by atoms with Crippen LogP contribution >= 0.6 is 0 Å². The second kappa shape index (κ2) is 8.30. The third-order valence-electron chi connectivity index (χ3n) is 4.08. The van der Waals surface area contributed by atoms with Crippen LogP contribution in [0.25, 0.3) is 11.4 Å². The molecule has 0 aliphatic rings. The number of carbonyl (C=O) groups excluding carboxylic acids is 1. The van der Waals surface area contributed by atoms with Gasteiger partial charge in [-0.2, -0.15) is 0 Å². The summed E-state index contributed by atoms with van der Waals surface area (Å²) in [6.07, 6.45) is 3.45. The van der Waals surface area contributed by atoms with Gasteiger partial charge in [-0.15, -0.1) is 0 Å². The van der Waals surface area contributed by atoms with Crippen molar-refractivity contribution in [2.75, 3.05) is 10.6 Å². The van der Waals surface area contributed by atoms with Crippen LogP contribution in [0.3, 0.4) is 0 Å². The standard InChI is InChI=1S/C21H18N6O2/c1-14-11-19(27-29-14)26-21(28)17-12-18(23-13-15-7-9-22-10-8-15)25-20(24-17)16-5-3-2-4-6-16/h2-12H,13H2,1H3,(H,23,24,25)(H,26,27,28). The van der Waals surface area contributed by atoms with Crippen molar-refractivity contribution in [3.05, 3.63) is 84.0 Å². The van der Waals surface area contributed by atoms with Gasteiger partial charge in [0.15, 0.2) is 11.6 Å². The van der Waals surface area contributed by atoms with E-state index in [0.717, 1.165) is 11.1 Å². The lowest BCUT2D eigenvalue weighted by atomic mass is 10.2. The number of hydrogen-bond acceptors (Lipinski definition) is 7. The van der Waals surface area contributed by atoms with Crippen LogP contribution in [0.4, 0.5) is 11.6 Å². The third kappa shape index (κ3) is 4.62. The molecule has 2 N–H and O–H groups in total. The van der Waals surface area contributed by atoms with Gasteiger partial charge in [-0.1, -0.05) is 35.5 Å². The van der Waals surface area contributed by atoms with Gasteiger partial charge in [-0.05, 0) is 24.6 Å². The lowest BCUT2D eigenvalue weighted by molar-refractivity contribution is 0.102. The Morgan fingerprint density at radius 3 is 2.52 bits per heavy atom. The summed E-state index contributed by atoms with van der Waals surface area (Å²) in [6.45, 7) is 2.29. The van der Waals surface area contributed by atoms with Gasteiger partial charge in [-0.3, -0.25) is 9.78 Å². The summed E-state index contributed by atoms with van der Waals surface area (Å²) in [4.78, 5) is 25.7. The predicted octanol–water partition coefficient (Wildman–Crippen LogP) is 3.70. The van der Waals surface area contributed by atoms with Crippen molar-refractivity contribution in [1.82, 2.24) is 20.1 Å². The summed E-state index contributed by atoms with van der Waals surface area (Å²) in [5.74, 6) is 1.53. The van der Waals surface area contributed by atoms with Crippen LogP contribution in [0.5, 0.6) is 0 Å². The predicted molar refractivity (Wildman–Crippen MR) is 108 cm³/mol. The molecule has 0 fully saturated rings. The SMILES string of the molecule is Cc1cc(NC(=O)c2cc(NCc3ccncc3)nc(-c3ccccc3)n2)no1. The average molecular weight is 386 g/mol. The van der Waals surface area contributed by atoms with Crippen LogP contribution in [-0.4, -0.2) is 26.0 Å². The Morgan fingerprint density at radius 1 is 1.00 bits per heavy atom. The number of amides is 1. The number of aryl methyl sites for hydroxylation is 1. The molecule has 3 aromatic heterocycles. The van der Waals surface area contributed by atoms with E-state index in [1.807, 2.05) is 42.5 Å². The first-order valence-corrected chi connectivity index (χ1v) is 8.99. The van der Waals surface area contributed by atoms with Gasteiger partial charge in [0, 0.05) is 36.6 Å². The number of benzene rings is 1. The van der Waals surface area contributed by atoms with E-state index in [-0.39, 0.29) is 5.69 Å². The highest BCUT2D eigenvalue weighted by atomic mass is 16.5. The fourth-order valence-corrected chi connectivity index (χ4v) is 2.67. The zero-order chi connectivity index (χ0) is 20.1. The molecule has 3 heterocycles. The van der Waals surface area contributed by atoms with Crippen LogP contribution < -0.4 is 10.6 Å². The zero-order valence-electron chi connectivity index (χ0n) is 15.7. The Kier molecular flexibility index (Phi) is 5.24. The van der Waals surface area contributed by atoms with Gasteiger partial charge in [0.1, 0.15) is 17.3 Å². The quantitative estimate of drug-likeness (QED) is 0.520. The molecule has 4 rings (SSSR count). The van der Waals surface area contributed by atoms with Crippen LogP contribution in [0.1, 0.15) is 21.8 Å². The van der Waals surface area contributed by atoms with E-state index in [0.29, 0.717) is 29.8 Å². The normalized spacial score (nSPS) is 10.5. The maximum absolute atomic E-state index is 12.7. The molecule has 0 aliphatic heterocycles. The van der Waals surface area contributed by atoms with Crippen molar-refractivity contribution in [1.29, 1.82) is 0 Å². The van der Waals surface area contributed by atoms with E-state index in [1.165, 1.54) is 0 Å². The highest BCUT2D eigenvalue weighted by molar-refractivity contribution is 6.03. The molecule has 0 saturated carbocycles. The molecule has 8 nitrogen and oxygen atoms in total. The average Bonchev–Trinajstić information content (AvgIpc) is 3.18. The number of hydrogen-bond donors (Lipinski definition) is 2. The van der Waals surface area contributed by atoms with E-state index >= 15 is 0 Å². The van der Waals surface area contributed by atoms with Crippen molar-refractivity contribution in [3.8, 4) is 11.4 Å². The molecular weight excluding hydrogens is 368 g/mol. The topological polar surface area (TPSA) is 106 Å². The molecule has 0 bridgehead atoms. The molecule has 29 heavy (non-hydrogen) atoms. The van der Waals surface area contributed by atoms with Crippen LogP contribution in [0, 0.1) is 6.92 Å². The fourth-order valence-electron chi connectivity index (χ4n) is 2.67. The highest BCUT2D eigenvalue weighted by Crippen LogP contribution is 2.19. The molecule has 1 aromatic carbocycles. The minimum atomic E-state index is -0.398. The second-order valence-electron chi connectivity index (χ2n) is 6.31. The molecule has 0 unspecified atom stereocenters. The van der Waals surface area contributed by atoms with Gasteiger partial charge >= 0.3 is 0 Å². The van der Waals surface area contributed by atoms with Crippen LogP contribution in [0.2, 0.25) is 0 Å². The van der Waals surface area contributed by atoms with E-state index in [2.05, 4.69) is 30.7 Å². The molecule has 4 aromatic rings. The maximum Gasteiger partial charge on any atom is 0.275 e. The van der Waals surface area contributed by atoms with E-state index in [4.69, 9.17) is 4.52 Å². The number of aromatic nitrogens is 4. The first kappa shape index (κ1) is 18.3. The third-order valence-corrected chi connectivity index (χ3v) is 4.08. The van der Waals surface area contributed by atoms with Gasteiger partial charge in [0.25, 0.3) is 5.91 Å². The Balaban J connectivity index is 1.63. The summed E-state index contributed by atoms with van der Waals surface area (Å²) < 4.78 is 4.99. The summed E-state index contributed by atoms with van der Waals surface area (Å²) in [5, 5.41) is 9.72. The summed E-state index contributed by atoms with van der Waals surface area (Å²) in [7, 11) is 0. The monoisotopic (exact) mass is 386 g/mol. The number of nitrogens with one attached hydrogen (secondary N) is 2. The smallest absolute Gasteiger partial charge is 0.275 e. The van der Waals surface area contributed by atoms with Gasteiger partial charge in [-0.25, -0.2) is 9.97 Å². The van der Waals surface area contributed by atoms with E-state index in [9.17, 15) is 4.79 Å². The maximum atomic E-state index is 12.7. The number of nitrogens with zero attached hydrogens (tertiary/aromatic N) is 4. The largest absolute Gasteiger partial charge is 0.366 e. The molecule has 0 radical (unpaired) electrons. The van der Waals surface area contributed by atoms with E-state index < -0.39 is 5.91 Å². The minimum Gasteiger partial charge on any atom is -0.366 e. The Bertz CT molecular complexity index is 1110. The van der Waals surface area contributed by atoms with Crippen molar-refractivity contribution in [3.63, 3.8) is 0 Å². The van der Waals surface area contributed by atoms with Crippen LogP contribution in [-0.2, 0) is 6.54 Å². The fraction of sp³-hybridized carbons (Fsp3) is 0.0952. The molecule has 0 atom stereocenters. The number of carbonyl (C=O) groups is 1. The van der Waals surface area contributed by atoms with Crippen molar-refractivity contribution >= 4 is 17.5 Å². The Morgan fingerprint density at radius 2 is 1.79 bits per heavy atom. The van der Waals surface area contributed by atoms with Crippen molar-refractivity contribution in [2.24, 2.45) is 0 Å². The lowest BCUT2D eigenvalue weighted by Crippen LogP contribution is -2.16. The molecule has 144 valence electrons. The van der Waals surface area contributed by atoms with Crippen molar-refractivity contribution < 1.29 is 9.32 Å². The van der Waals surface area contributed by atoms with Gasteiger partial charge in [0.05, 0.1) is 0 Å². The number of pyridine rings is 1. The molecular formula is C21H18N6O2. The summed E-state index contributed by atoms with van der Waals surface area (Å²) >= 11 is 0. The Labute approximate surface area is 167 Å². The summed E-state index contributed by atoms with van der Waals surface area (Å²) in [6, 6.07) is 16.6. The number of anilines is 2. The zero-order valence-corrected chi connectivity index (χ0v) is 15.7. The second-order valence-corrected chi connectivity index (χ2v) is 6.31. The van der Waals surface area contributed by atoms with Gasteiger partial charge in [0.2, 0.25) is 0 Å². The molecule has 1 amide bonds. The lowest BCUT2D eigenvalue weighted by Gasteiger charge is -2.10. The molecule has 8 heteroatoms. The first-order chi connectivity index (χ1) is 14.2. The van der Waals surface area contributed by atoms with Gasteiger partial charge < -0.3 is 15.2 Å². The first-order valence-electron chi connectivity index (χ1n) is 8.99.